The van der Waals surface area contributed by atoms with Gasteiger partial charge in [-0.1, -0.05) is 19.1 Å². The zero-order chi connectivity index (χ0) is 9.68. The van der Waals surface area contributed by atoms with Crippen LogP contribution >= 0.6 is 0 Å². The highest BCUT2D eigenvalue weighted by atomic mass is 16.5. The van der Waals surface area contributed by atoms with Gasteiger partial charge >= 0.3 is 0 Å². The van der Waals surface area contributed by atoms with Crippen LogP contribution in [0.4, 0.5) is 0 Å². The van der Waals surface area contributed by atoms with Crippen molar-refractivity contribution in [1.82, 2.24) is 0 Å². The minimum absolute atomic E-state index is 0.572. The first-order chi connectivity index (χ1) is 6.27. The fraction of sp³-hybridized carbons (Fsp3) is 0.455. The van der Waals surface area contributed by atoms with Gasteiger partial charge in [0.25, 0.3) is 0 Å². The molecule has 0 bridgehead atoms. The van der Waals surface area contributed by atoms with Gasteiger partial charge in [-0.2, -0.15) is 0 Å². The number of nitrogens with two attached hydrogens (primary N) is 1. The smallest absolute Gasteiger partial charge is 0.122 e. The summed E-state index contributed by atoms with van der Waals surface area (Å²) < 4.78 is 5.57. The van der Waals surface area contributed by atoms with E-state index < -0.39 is 0 Å². The predicted molar refractivity (Wildman–Crippen MR) is 54.9 cm³/mol. The summed E-state index contributed by atoms with van der Waals surface area (Å²) in [6.45, 7) is 5.49. The van der Waals surface area contributed by atoms with Crippen LogP contribution in [0.25, 0.3) is 0 Å². The molecule has 1 aromatic rings. The molecule has 2 heteroatoms. The van der Waals surface area contributed by atoms with Gasteiger partial charge < -0.3 is 10.5 Å². The maximum absolute atomic E-state index is 5.57. The average Bonchev–Trinajstić information content (AvgIpc) is 2.17. The van der Waals surface area contributed by atoms with Gasteiger partial charge in [-0.05, 0) is 30.5 Å². The standard InChI is InChI=1S/C11H17NO/c1-3-6-13-11-7-10(8-12)5-4-9(11)2/h4-5,7H,3,6,8,12H2,1-2H3. The molecule has 0 heterocycles. The minimum atomic E-state index is 0.572. The topological polar surface area (TPSA) is 35.2 Å². The zero-order valence-corrected chi connectivity index (χ0v) is 8.34. The number of aryl methyl sites for hydroxylation is 1. The molecule has 0 saturated carbocycles. The van der Waals surface area contributed by atoms with Crippen LogP contribution in [0.3, 0.4) is 0 Å². The first-order valence-corrected chi connectivity index (χ1v) is 4.70. The van der Waals surface area contributed by atoms with Gasteiger partial charge in [-0.3, -0.25) is 0 Å². The van der Waals surface area contributed by atoms with E-state index in [4.69, 9.17) is 10.5 Å². The highest BCUT2D eigenvalue weighted by molar-refractivity contribution is 5.36. The molecule has 0 spiro atoms. The fourth-order valence-electron chi connectivity index (χ4n) is 1.14. The van der Waals surface area contributed by atoms with E-state index in [-0.39, 0.29) is 0 Å². The summed E-state index contributed by atoms with van der Waals surface area (Å²) in [5.41, 5.74) is 7.84. The van der Waals surface area contributed by atoms with Crippen molar-refractivity contribution in [3.63, 3.8) is 0 Å². The van der Waals surface area contributed by atoms with Crippen LogP contribution in [0, 0.1) is 6.92 Å². The summed E-state index contributed by atoms with van der Waals surface area (Å²) in [5.74, 6) is 0.963. The van der Waals surface area contributed by atoms with Crippen molar-refractivity contribution in [1.29, 1.82) is 0 Å². The van der Waals surface area contributed by atoms with Crippen molar-refractivity contribution in [3.8, 4) is 5.75 Å². The van der Waals surface area contributed by atoms with Crippen LogP contribution in [-0.4, -0.2) is 6.61 Å². The molecule has 0 aliphatic heterocycles. The molecule has 0 fully saturated rings. The molecule has 0 aliphatic carbocycles. The predicted octanol–water partition coefficient (Wildman–Crippen LogP) is 2.24. The second kappa shape index (κ2) is 4.87. The van der Waals surface area contributed by atoms with Crippen LogP contribution in [-0.2, 0) is 6.54 Å². The van der Waals surface area contributed by atoms with Crippen LogP contribution in [0.2, 0.25) is 0 Å². The Morgan fingerprint density at radius 3 is 2.77 bits per heavy atom. The van der Waals surface area contributed by atoms with Gasteiger partial charge in [0.15, 0.2) is 0 Å². The van der Waals surface area contributed by atoms with Crippen molar-refractivity contribution in [2.75, 3.05) is 6.61 Å². The summed E-state index contributed by atoms with van der Waals surface area (Å²) in [6, 6.07) is 6.10. The van der Waals surface area contributed by atoms with Crippen molar-refractivity contribution in [2.24, 2.45) is 5.73 Å². The number of hydrogen-bond donors (Lipinski definition) is 1. The van der Waals surface area contributed by atoms with Crippen molar-refractivity contribution >= 4 is 0 Å². The Labute approximate surface area is 79.7 Å². The molecule has 0 atom stereocenters. The van der Waals surface area contributed by atoms with Gasteiger partial charge in [0.05, 0.1) is 6.61 Å². The summed E-state index contributed by atoms with van der Waals surface area (Å²) in [6.07, 6.45) is 1.03. The van der Waals surface area contributed by atoms with Crippen molar-refractivity contribution in [3.05, 3.63) is 29.3 Å². The molecule has 0 amide bonds. The van der Waals surface area contributed by atoms with Gasteiger partial charge in [0.1, 0.15) is 5.75 Å². The monoisotopic (exact) mass is 179 g/mol. The minimum Gasteiger partial charge on any atom is -0.493 e. The Hall–Kier alpha value is -1.02. The fourth-order valence-corrected chi connectivity index (χ4v) is 1.14. The van der Waals surface area contributed by atoms with E-state index in [2.05, 4.69) is 6.92 Å². The summed E-state index contributed by atoms with van der Waals surface area (Å²) in [5, 5.41) is 0. The van der Waals surface area contributed by atoms with Gasteiger partial charge in [-0.25, -0.2) is 0 Å². The number of rotatable bonds is 4. The summed E-state index contributed by atoms with van der Waals surface area (Å²) >= 11 is 0. The SMILES string of the molecule is CCCOc1cc(CN)ccc1C. The Balaban J connectivity index is 2.78. The van der Waals surface area contributed by atoms with Gasteiger partial charge in [0, 0.05) is 6.54 Å². The number of benzene rings is 1. The zero-order valence-electron chi connectivity index (χ0n) is 8.34. The molecule has 1 aromatic carbocycles. The highest BCUT2D eigenvalue weighted by Crippen LogP contribution is 2.19. The highest BCUT2D eigenvalue weighted by Gasteiger charge is 1.99. The van der Waals surface area contributed by atoms with Crippen LogP contribution in [0.1, 0.15) is 24.5 Å². The van der Waals surface area contributed by atoms with E-state index >= 15 is 0 Å². The Bertz CT molecular complexity index is 271. The van der Waals surface area contributed by atoms with Crippen molar-refractivity contribution in [2.45, 2.75) is 26.8 Å². The number of hydrogen-bond acceptors (Lipinski definition) is 2. The lowest BCUT2D eigenvalue weighted by Crippen LogP contribution is -2.00. The molecule has 0 radical (unpaired) electrons. The second-order valence-corrected chi connectivity index (χ2v) is 3.15. The molecule has 0 unspecified atom stereocenters. The van der Waals surface area contributed by atoms with Gasteiger partial charge in [0.2, 0.25) is 0 Å². The maximum Gasteiger partial charge on any atom is 0.122 e. The Morgan fingerprint density at radius 1 is 1.38 bits per heavy atom. The van der Waals surface area contributed by atoms with E-state index in [1.165, 1.54) is 5.56 Å². The summed E-state index contributed by atoms with van der Waals surface area (Å²) in [7, 11) is 0. The quantitative estimate of drug-likeness (QED) is 0.769. The first-order valence-electron chi connectivity index (χ1n) is 4.70. The third kappa shape index (κ3) is 2.74. The first kappa shape index (κ1) is 10.1. The van der Waals surface area contributed by atoms with E-state index in [1.807, 2.05) is 25.1 Å². The molecule has 0 aliphatic rings. The Kier molecular flexibility index (Phi) is 3.77. The third-order valence-electron chi connectivity index (χ3n) is 1.95. The summed E-state index contributed by atoms with van der Waals surface area (Å²) in [4.78, 5) is 0. The lowest BCUT2D eigenvalue weighted by atomic mass is 10.1. The molecule has 72 valence electrons. The van der Waals surface area contributed by atoms with Gasteiger partial charge in [-0.15, -0.1) is 0 Å². The van der Waals surface area contributed by atoms with E-state index in [0.29, 0.717) is 6.54 Å². The van der Waals surface area contributed by atoms with E-state index in [0.717, 1.165) is 24.3 Å². The maximum atomic E-state index is 5.57. The lowest BCUT2D eigenvalue weighted by Gasteiger charge is -2.09. The molecule has 2 N–H and O–H groups in total. The van der Waals surface area contributed by atoms with Crippen LogP contribution in [0.15, 0.2) is 18.2 Å². The molecule has 13 heavy (non-hydrogen) atoms. The lowest BCUT2D eigenvalue weighted by molar-refractivity contribution is 0.315. The van der Waals surface area contributed by atoms with Crippen LogP contribution in [0.5, 0.6) is 5.75 Å². The van der Waals surface area contributed by atoms with E-state index in [1.54, 1.807) is 0 Å². The Morgan fingerprint density at radius 2 is 2.15 bits per heavy atom. The largest absolute Gasteiger partial charge is 0.493 e. The van der Waals surface area contributed by atoms with Crippen molar-refractivity contribution < 1.29 is 4.74 Å². The van der Waals surface area contributed by atoms with E-state index in [9.17, 15) is 0 Å². The second-order valence-electron chi connectivity index (χ2n) is 3.15. The molecule has 0 saturated heterocycles. The molecule has 0 aromatic heterocycles. The third-order valence-corrected chi connectivity index (χ3v) is 1.95. The number of ether oxygens (including phenoxy) is 1. The molecule has 1 rings (SSSR count). The average molecular weight is 179 g/mol. The van der Waals surface area contributed by atoms with Crippen LogP contribution < -0.4 is 10.5 Å². The molecular weight excluding hydrogens is 162 g/mol. The molecule has 2 nitrogen and oxygen atoms in total. The molecular formula is C11H17NO. The normalized spacial score (nSPS) is 10.1.